The van der Waals surface area contributed by atoms with Crippen molar-refractivity contribution >= 4 is 11.0 Å². The van der Waals surface area contributed by atoms with Crippen LogP contribution in [0.5, 0.6) is 28.7 Å². The van der Waals surface area contributed by atoms with E-state index >= 15 is 0 Å². The maximum atomic E-state index is 13.6. The molecule has 3 aromatic rings. The fourth-order valence-electron chi connectivity index (χ4n) is 4.84. The monoisotopic (exact) mass is 664 g/mol. The highest BCUT2D eigenvalue weighted by Gasteiger charge is 2.47. The Labute approximate surface area is 257 Å². The lowest BCUT2D eigenvalue weighted by Gasteiger charge is -2.42. The lowest BCUT2D eigenvalue weighted by Crippen LogP contribution is -2.61. The highest BCUT2D eigenvalue weighted by molar-refractivity contribution is 5.88. The number of hydrogen-bond acceptors (Lipinski definition) is 16. The number of rotatable bonds is 6. The van der Waals surface area contributed by atoms with Crippen LogP contribution in [0, 0.1) is 0 Å². The van der Waals surface area contributed by atoms with Gasteiger partial charge in [-0.2, -0.15) is 0 Å². The van der Waals surface area contributed by atoms with Crippen LogP contribution >= 0.6 is 0 Å². The van der Waals surface area contributed by atoms with Gasteiger partial charge in [0.1, 0.15) is 65.2 Å². The molecule has 5 rings (SSSR count). The molecule has 2 aliphatic heterocycles. The van der Waals surface area contributed by atoms with Gasteiger partial charge in [0, 0.05) is 17.7 Å². The summed E-state index contributed by atoms with van der Waals surface area (Å²) in [5, 5.41) is 101. The zero-order valence-electron chi connectivity index (χ0n) is 23.8. The summed E-state index contributed by atoms with van der Waals surface area (Å²) in [7, 11) is 0. The van der Waals surface area contributed by atoms with Gasteiger partial charge in [0.05, 0.1) is 12.7 Å². The highest BCUT2D eigenvalue weighted by Crippen LogP contribution is 2.39. The van der Waals surface area contributed by atoms with Gasteiger partial charge in [-0.25, -0.2) is 0 Å². The molecule has 19 nitrogen and oxygen atoms in total. The summed E-state index contributed by atoms with van der Waals surface area (Å²) < 4.78 is 27.8. The molecule has 2 fully saturated rings. The van der Waals surface area contributed by atoms with Gasteiger partial charge in [-0.15, -0.1) is 0 Å². The summed E-state index contributed by atoms with van der Waals surface area (Å²) in [6, 6.07) is 5.24. The van der Waals surface area contributed by atoms with Crippen LogP contribution in [-0.4, -0.2) is 136 Å². The second-order valence-electron chi connectivity index (χ2n) is 10.3. The molecule has 19 heteroatoms. The average Bonchev–Trinajstić information content (AvgIpc) is 2.96. The normalized spacial score (nSPS) is 30.8. The zero-order chi connectivity index (χ0) is 31.3. The topological polar surface area (TPSA) is 364 Å². The van der Waals surface area contributed by atoms with Gasteiger partial charge in [0.2, 0.25) is 17.5 Å². The quantitative estimate of drug-likeness (QED) is 0.112. The minimum atomic E-state index is -1.97. The van der Waals surface area contributed by atoms with E-state index in [0.29, 0.717) is 0 Å². The van der Waals surface area contributed by atoms with Crippen molar-refractivity contribution in [2.24, 2.45) is 0 Å². The standard InChI is InChI=1S/C27H30O16.3H2O/c1-8-17(32)20(35)22(37)26(40-8)39-7-15-18(33)21(36)23(38)27(42-15)43-25-19(34)16-13(31)5-10(28)6-14(16)41-24(25)9-2-3-11(29)12(30)4-9;;;/h2-6,8,15,17-18,20-23,26-33,35-38H,7H2,1H3;3*1H2/t8-,15+,17-,18+,20+,21-,22+,23+,26+,27-;;;/m0.../s1. The maximum absolute atomic E-state index is 13.6. The van der Waals surface area contributed by atoms with Crippen LogP contribution in [0.3, 0.4) is 0 Å². The van der Waals surface area contributed by atoms with Crippen molar-refractivity contribution in [3.8, 4) is 40.1 Å². The van der Waals surface area contributed by atoms with Crippen molar-refractivity contribution in [2.45, 2.75) is 68.3 Å². The maximum Gasteiger partial charge on any atom is 0.239 e. The summed E-state index contributed by atoms with van der Waals surface area (Å²) in [6.07, 6.45) is -16.2. The van der Waals surface area contributed by atoms with Crippen LogP contribution in [0.15, 0.2) is 39.5 Å². The molecule has 10 atom stereocenters. The Hall–Kier alpha value is -3.83. The molecular formula is C27H36O19. The van der Waals surface area contributed by atoms with Crippen LogP contribution in [-0.2, 0) is 14.2 Å². The first-order valence-corrected chi connectivity index (χ1v) is 13.0. The number of aliphatic hydroxyl groups is 6. The molecule has 0 saturated carbocycles. The molecular weight excluding hydrogens is 628 g/mol. The van der Waals surface area contributed by atoms with Crippen molar-refractivity contribution in [3.63, 3.8) is 0 Å². The zero-order valence-corrected chi connectivity index (χ0v) is 23.8. The fourth-order valence-corrected chi connectivity index (χ4v) is 4.84. The van der Waals surface area contributed by atoms with Crippen LogP contribution in [0.2, 0.25) is 0 Å². The Morgan fingerprint density at radius 3 is 2.00 bits per heavy atom. The molecule has 0 aliphatic carbocycles. The Balaban J connectivity index is 0.00000245. The molecule has 0 amide bonds. The average molecular weight is 665 g/mol. The number of ether oxygens (including phenoxy) is 4. The van der Waals surface area contributed by atoms with Gasteiger partial charge >= 0.3 is 0 Å². The van der Waals surface area contributed by atoms with E-state index in [1.807, 2.05) is 0 Å². The second kappa shape index (κ2) is 14.7. The fraction of sp³-hybridized carbons (Fsp3) is 0.444. The van der Waals surface area contributed by atoms with Gasteiger partial charge in [-0.3, -0.25) is 4.79 Å². The van der Waals surface area contributed by atoms with Crippen LogP contribution in [0.25, 0.3) is 22.3 Å². The van der Waals surface area contributed by atoms with E-state index in [9.17, 15) is 55.9 Å². The molecule has 2 aliphatic rings. The van der Waals surface area contributed by atoms with Crippen LogP contribution in [0.4, 0.5) is 0 Å². The molecule has 3 heterocycles. The van der Waals surface area contributed by atoms with E-state index < -0.39 is 113 Å². The lowest BCUT2D eigenvalue weighted by atomic mass is 9.98. The van der Waals surface area contributed by atoms with Gasteiger partial charge in [0.25, 0.3) is 0 Å². The molecule has 1 aromatic heterocycles. The Kier molecular flexibility index (Phi) is 12.3. The number of aromatic hydroxyl groups is 4. The number of phenolic OH excluding ortho intramolecular Hbond substituents is 4. The summed E-state index contributed by atoms with van der Waals surface area (Å²) in [4.78, 5) is 13.6. The van der Waals surface area contributed by atoms with E-state index in [0.717, 1.165) is 24.3 Å². The Morgan fingerprint density at radius 2 is 1.35 bits per heavy atom. The third-order valence-electron chi connectivity index (χ3n) is 7.29. The second-order valence-corrected chi connectivity index (χ2v) is 10.3. The third kappa shape index (κ3) is 6.95. The van der Waals surface area contributed by atoms with Gasteiger partial charge < -0.3 is 90.9 Å². The molecule has 2 saturated heterocycles. The highest BCUT2D eigenvalue weighted by atomic mass is 16.7. The van der Waals surface area contributed by atoms with Crippen molar-refractivity contribution in [1.29, 1.82) is 0 Å². The number of fused-ring (bicyclic) bond motifs is 1. The lowest BCUT2D eigenvalue weighted by molar-refractivity contribution is -0.318. The van der Waals surface area contributed by atoms with Gasteiger partial charge in [-0.1, -0.05) is 0 Å². The molecule has 16 N–H and O–H groups in total. The molecule has 0 bridgehead atoms. The predicted octanol–water partition coefficient (Wildman–Crippen LogP) is -4.16. The van der Waals surface area contributed by atoms with Gasteiger partial charge in [-0.05, 0) is 25.1 Å². The molecule has 0 spiro atoms. The minimum Gasteiger partial charge on any atom is -0.508 e. The SMILES string of the molecule is C[C@@H]1O[C@@H](OC[C@H]2O[C@@H](Oc3c(-c4ccc(O)c(O)c4)oc4cc(O)cc(O)c4c3=O)[C@H](O)[C@@H](O)[C@@H]2O)[C@H](O)[C@H](O)[C@H]1O.O.O.O. The molecule has 0 radical (unpaired) electrons. The van der Waals surface area contributed by atoms with E-state index in [-0.39, 0.29) is 27.6 Å². The summed E-state index contributed by atoms with van der Waals surface area (Å²) in [6.45, 7) is 0.818. The van der Waals surface area contributed by atoms with Crippen molar-refractivity contribution in [2.75, 3.05) is 6.61 Å². The number of hydrogen-bond donors (Lipinski definition) is 10. The van der Waals surface area contributed by atoms with E-state index in [1.165, 1.54) is 13.0 Å². The number of aliphatic hydroxyl groups excluding tert-OH is 6. The van der Waals surface area contributed by atoms with E-state index in [1.54, 1.807) is 0 Å². The first-order valence-electron chi connectivity index (χ1n) is 13.0. The molecule has 0 unspecified atom stereocenters. The summed E-state index contributed by atoms with van der Waals surface area (Å²) in [5.41, 5.74) is -1.35. The van der Waals surface area contributed by atoms with E-state index in [4.69, 9.17) is 23.4 Å². The summed E-state index contributed by atoms with van der Waals surface area (Å²) >= 11 is 0. The minimum absolute atomic E-state index is 0. The largest absolute Gasteiger partial charge is 0.508 e. The van der Waals surface area contributed by atoms with Crippen molar-refractivity contribution in [3.05, 3.63) is 40.6 Å². The van der Waals surface area contributed by atoms with E-state index in [2.05, 4.69) is 0 Å². The predicted molar refractivity (Wildman–Crippen MR) is 151 cm³/mol. The first-order chi connectivity index (χ1) is 20.3. The molecule has 2 aromatic carbocycles. The molecule has 258 valence electrons. The smallest absolute Gasteiger partial charge is 0.239 e. The number of phenols is 4. The Bertz CT molecular complexity index is 1540. The van der Waals surface area contributed by atoms with Crippen LogP contribution in [0.1, 0.15) is 6.92 Å². The molecule has 46 heavy (non-hydrogen) atoms. The summed E-state index contributed by atoms with van der Waals surface area (Å²) in [5.74, 6) is -3.33. The van der Waals surface area contributed by atoms with Crippen molar-refractivity contribution < 1.29 is 90.9 Å². The Morgan fingerprint density at radius 1 is 0.717 bits per heavy atom. The van der Waals surface area contributed by atoms with Crippen LogP contribution < -0.4 is 10.2 Å². The third-order valence-corrected chi connectivity index (χ3v) is 7.29. The number of benzene rings is 2. The van der Waals surface area contributed by atoms with Gasteiger partial charge in [0.15, 0.2) is 23.5 Å². The van der Waals surface area contributed by atoms with Crippen molar-refractivity contribution in [1.82, 2.24) is 0 Å². The first kappa shape index (κ1) is 38.4.